The Morgan fingerprint density at radius 3 is 2.90 bits per heavy atom. The van der Waals surface area contributed by atoms with Gasteiger partial charge in [0.2, 0.25) is 0 Å². The highest BCUT2D eigenvalue weighted by Crippen LogP contribution is 2.39. The van der Waals surface area contributed by atoms with Gasteiger partial charge in [-0.05, 0) is 32.4 Å². The average Bonchev–Trinajstić information content (AvgIpc) is 2.87. The zero-order valence-corrected chi connectivity index (χ0v) is 14.0. The van der Waals surface area contributed by atoms with Gasteiger partial charge in [-0.3, -0.25) is 4.90 Å². The van der Waals surface area contributed by atoms with Gasteiger partial charge in [-0.15, -0.1) is 6.58 Å². The Labute approximate surface area is 136 Å². The third-order valence-corrected chi connectivity index (χ3v) is 4.31. The number of nitrogens with zero attached hydrogens (tertiary/aromatic N) is 1. The highest BCUT2D eigenvalue weighted by molar-refractivity contribution is 6.35. The summed E-state index contributed by atoms with van der Waals surface area (Å²) in [7, 11) is 1.58. The number of ether oxygens (including phenoxy) is 2. The van der Waals surface area contributed by atoms with E-state index in [0.717, 1.165) is 19.5 Å². The molecule has 1 aromatic rings. The van der Waals surface area contributed by atoms with E-state index in [1.54, 1.807) is 19.2 Å². The van der Waals surface area contributed by atoms with Crippen LogP contribution in [0.1, 0.15) is 19.8 Å². The van der Waals surface area contributed by atoms with Gasteiger partial charge in [0.25, 0.3) is 0 Å². The maximum Gasteiger partial charge on any atom is 0.179 e. The molecule has 0 bridgehead atoms. The van der Waals surface area contributed by atoms with Gasteiger partial charge in [-0.1, -0.05) is 29.3 Å². The van der Waals surface area contributed by atoms with Crippen LogP contribution in [-0.2, 0) is 0 Å². The normalized spacial score (nSPS) is 20.3. The summed E-state index contributed by atoms with van der Waals surface area (Å²) in [5.74, 6) is 1.12. The maximum atomic E-state index is 6.14. The molecule has 3 nitrogen and oxygen atoms in total. The van der Waals surface area contributed by atoms with E-state index in [4.69, 9.17) is 32.7 Å². The second kappa shape index (κ2) is 7.39. The van der Waals surface area contributed by atoms with Crippen LogP contribution in [0.3, 0.4) is 0 Å². The first-order valence-electron chi connectivity index (χ1n) is 7.11. The minimum absolute atomic E-state index is 0.0240. The molecular weight excluding hydrogens is 309 g/mol. The summed E-state index contributed by atoms with van der Waals surface area (Å²) in [6, 6.07) is 3.76. The zero-order chi connectivity index (χ0) is 15.4. The van der Waals surface area contributed by atoms with Crippen LogP contribution < -0.4 is 9.47 Å². The number of methoxy groups -OCH3 is 1. The van der Waals surface area contributed by atoms with Crippen molar-refractivity contribution in [2.24, 2.45) is 0 Å². The molecule has 2 unspecified atom stereocenters. The highest BCUT2D eigenvalue weighted by atomic mass is 35.5. The van der Waals surface area contributed by atoms with Gasteiger partial charge in [0.1, 0.15) is 6.10 Å². The molecule has 1 aliphatic heterocycles. The fourth-order valence-corrected chi connectivity index (χ4v) is 3.43. The van der Waals surface area contributed by atoms with Crippen LogP contribution >= 0.6 is 23.2 Å². The number of rotatable bonds is 6. The Bertz CT molecular complexity index is 507. The van der Waals surface area contributed by atoms with Gasteiger partial charge in [0.05, 0.1) is 12.1 Å². The van der Waals surface area contributed by atoms with Crippen LogP contribution in [0, 0.1) is 0 Å². The molecule has 0 saturated carbocycles. The van der Waals surface area contributed by atoms with E-state index in [1.165, 1.54) is 6.42 Å². The van der Waals surface area contributed by atoms with Crippen molar-refractivity contribution in [2.75, 3.05) is 20.2 Å². The summed E-state index contributed by atoms with van der Waals surface area (Å²) < 4.78 is 11.4. The van der Waals surface area contributed by atoms with Crippen molar-refractivity contribution in [3.63, 3.8) is 0 Å². The van der Waals surface area contributed by atoms with Crippen LogP contribution in [0.15, 0.2) is 24.8 Å². The van der Waals surface area contributed by atoms with Gasteiger partial charge in [-0.2, -0.15) is 0 Å². The first kappa shape index (κ1) is 16.5. The lowest BCUT2D eigenvalue weighted by Crippen LogP contribution is -2.40. The maximum absolute atomic E-state index is 6.14. The van der Waals surface area contributed by atoms with Gasteiger partial charge in [-0.25, -0.2) is 0 Å². The quantitative estimate of drug-likeness (QED) is 0.721. The Balaban J connectivity index is 2.15. The predicted molar refractivity (Wildman–Crippen MR) is 87.9 cm³/mol. The smallest absolute Gasteiger partial charge is 0.179 e. The summed E-state index contributed by atoms with van der Waals surface area (Å²) in [5, 5.41) is 0.999. The minimum Gasteiger partial charge on any atom is -0.491 e. The fraction of sp³-hybridized carbons (Fsp3) is 0.500. The lowest BCUT2D eigenvalue weighted by Gasteiger charge is -2.29. The summed E-state index contributed by atoms with van der Waals surface area (Å²) in [5.41, 5.74) is 0. The SMILES string of the molecule is C=CCN1CCCC1C(C)Oc1cc(Cl)cc(Cl)c1OC. The molecule has 0 radical (unpaired) electrons. The van der Waals surface area contributed by atoms with E-state index in [1.807, 2.05) is 6.08 Å². The summed E-state index contributed by atoms with van der Waals surface area (Å²) in [6.45, 7) is 7.85. The number of halogens is 2. The molecular formula is C16H21Cl2NO2. The molecule has 1 saturated heterocycles. The van der Waals surface area contributed by atoms with Crippen molar-refractivity contribution in [1.29, 1.82) is 0 Å². The standard InChI is InChI=1S/C16H21Cl2NO2/c1-4-7-19-8-5-6-14(19)11(2)21-15-10-12(17)9-13(18)16(15)20-3/h4,9-11,14H,1,5-8H2,2-3H3. The number of likely N-dealkylation sites (tertiary alicyclic amines) is 1. The Morgan fingerprint density at radius 2 is 2.24 bits per heavy atom. The van der Waals surface area contributed by atoms with Crippen LogP contribution in [0.2, 0.25) is 10.0 Å². The molecule has 0 aromatic heterocycles. The van der Waals surface area contributed by atoms with Crippen LogP contribution in [0.25, 0.3) is 0 Å². The lowest BCUT2D eigenvalue weighted by molar-refractivity contribution is 0.110. The van der Waals surface area contributed by atoms with Gasteiger partial charge in [0.15, 0.2) is 11.5 Å². The number of hydrogen-bond donors (Lipinski definition) is 0. The van der Waals surface area contributed by atoms with Crippen molar-refractivity contribution in [2.45, 2.75) is 31.9 Å². The Morgan fingerprint density at radius 1 is 1.48 bits per heavy atom. The van der Waals surface area contributed by atoms with Crippen molar-refractivity contribution in [3.05, 3.63) is 34.8 Å². The molecule has 2 rings (SSSR count). The molecule has 0 aliphatic carbocycles. The van der Waals surface area contributed by atoms with Crippen molar-refractivity contribution >= 4 is 23.2 Å². The Hall–Kier alpha value is -0.900. The lowest BCUT2D eigenvalue weighted by atomic mass is 10.1. The van der Waals surface area contributed by atoms with Crippen LogP contribution in [-0.4, -0.2) is 37.2 Å². The van der Waals surface area contributed by atoms with E-state index in [2.05, 4.69) is 18.4 Å². The van der Waals surface area contributed by atoms with Gasteiger partial charge < -0.3 is 9.47 Å². The van der Waals surface area contributed by atoms with Crippen molar-refractivity contribution in [1.82, 2.24) is 4.90 Å². The van der Waals surface area contributed by atoms with Gasteiger partial charge >= 0.3 is 0 Å². The molecule has 0 amide bonds. The predicted octanol–water partition coefficient (Wildman–Crippen LogP) is 4.42. The molecule has 116 valence electrons. The second-order valence-corrected chi connectivity index (χ2v) is 6.08. The molecule has 0 spiro atoms. The first-order valence-corrected chi connectivity index (χ1v) is 7.87. The molecule has 2 atom stereocenters. The molecule has 5 heteroatoms. The van der Waals surface area contributed by atoms with E-state index in [9.17, 15) is 0 Å². The molecule has 1 aromatic carbocycles. The zero-order valence-electron chi connectivity index (χ0n) is 12.4. The van der Waals surface area contributed by atoms with E-state index >= 15 is 0 Å². The third kappa shape index (κ3) is 3.85. The van der Waals surface area contributed by atoms with E-state index in [-0.39, 0.29) is 6.10 Å². The number of benzene rings is 1. The minimum atomic E-state index is 0.0240. The average molecular weight is 330 g/mol. The van der Waals surface area contributed by atoms with E-state index in [0.29, 0.717) is 27.6 Å². The topological polar surface area (TPSA) is 21.7 Å². The molecule has 1 heterocycles. The molecule has 1 fully saturated rings. The fourth-order valence-electron chi connectivity index (χ4n) is 2.88. The van der Waals surface area contributed by atoms with Gasteiger partial charge in [0, 0.05) is 23.7 Å². The van der Waals surface area contributed by atoms with Crippen LogP contribution in [0.5, 0.6) is 11.5 Å². The molecule has 1 aliphatic rings. The third-order valence-electron chi connectivity index (χ3n) is 3.81. The summed E-state index contributed by atoms with van der Waals surface area (Å²) in [4.78, 5) is 2.39. The number of hydrogen-bond acceptors (Lipinski definition) is 3. The summed E-state index contributed by atoms with van der Waals surface area (Å²) in [6.07, 6.45) is 4.25. The van der Waals surface area contributed by atoms with Crippen molar-refractivity contribution < 1.29 is 9.47 Å². The van der Waals surface area contributed by atoms with Crippen molar-refractivity contribution in [3.8, 4) is 11.5 Å². The first-order chi connectivity index (χ1) is 10.1. The highest BCUT2D eigenvalue weighted by Gasteiger charge is 2.30. The monoisotopic (exact) mass is 329 g/mol. The summed E-state index contributed by atoms with van der Waals surface area (Å²) >= 11 is 12.2. The van der Waals surface area contributed by atoms with Crippen LogP contribution in [0.4, 0.5) is 0 Å². The van der Waals surface area contributed by atoms with E-state index < -0.39 is 0 Å². The Kier molecular flexibility index (Phi) is 5.80. The molecule has 21 heavy (non-hydrogen) atoms. The second-order valence-electron chi connectivity index (χ2n) is 5.24. The largest absolute Gasteiger partial charge is 0.491 e. The molecule has 0 N–H and O–H groups in total.